The molecule has 0 bridgehead atoms. The van der Waals surface area contributed by atoms with E-state index in [4.69, 9.17) is 4.74 Å². The molecular weight excluding hydrogens is 164 g/mol. The van der Waals surface area contributed by atoms with E-state index in [9.17, 15) is 0 Å². The maximum Gasteiger partial charge on any atom is 0.0554 e. The summed E-state index contributed by atoms with van der Waals surface area (Å²) in [5.74, 6) is 0.816. The summed E-state index contributed by atoms with van der Waals surface area (Å²) in [4.78, 5) is 0. The van der Waals surface area contributed by atoms with E-state index in [1.807, 2.05) is 0 Å². The Morgan fingerprint density at radius 1 is 1.40 bits per heavy atom. The molecule has 0 saturated carbocycles. The van der Waals surface area contributed by atoms with Crippen LogP contribution >= 0.6 is 25.3 Å². The predicted octanol–water partition coefficient (Wildman–Crippen LogP) is 2.03. The van der Waals surface area contributed by atoms with Crippen molar-refractivity contribution in [2.24, 2.45) is 0 Å². The molecule has 0 aliphatic rings. The monoisotopic (exact) mass is 180 g/mol. The quantitative estimate of drug-likeness (QED) is 0.470. The van der Waals surface area contributed by atoms with Crippen LogP contribution in [0.2, 0.25) is 0 Å². The van der Waals surface area contributed by atoms with Gasteiger partial charge >= 0.3 is 0 Å². The first-order valence-electron chi connectivity index (χ1n) is 3.64. The van der Waals surface area contributed by atoms with E-state index in [0.29, 0.717) is 5.25 Å². The van der Waals surface area contributed by atoms with Gasteiger partial charge in [-0.1, -0.05) is 6.92 Å². The van der Waals surface area contributed by atoms with Crippen LogP contribution in [0.25, 0.3) is 0 Å². The highest BCUT2D eigenvalue weighted by Gasteiger charge is 1.93. The minimum atomic E-state index is 0.500. The van der Waals surface area contributed by atoms with Crippen molar-refractivity contribution < 1.29 is 4.74 Å². The standard InChI is InChI=1S/C7H16OS2/c1-7(10)3-2-4-8-5-6-9/h7,9-10H,2-6H2,1H3. The molecular formula is C7H16OS2. The van der Waals surface area contributed by atoms with Crippen LogP contribution in [0.3, 0.4) is 0 Å². The van der Waals surface area contributed by atoms with Crippen molar-refractivity contribution in [2.45, 2.75) is 25.0 Å². The largest absolute Gasteiger partial charge is 0.381 e. The molecule has 0 aromatic rings. The van der Waals surface area contributed by atoms with Gasteiger partial charge in [0.15, 0.2) is 0 Å². The molecule has 0 aromatic carbocycles. The molecule has 0 N–H and O–H groups in total. The summed E-state index contributed by atoms with van der Waals surface area (Å²) in [6.07, 6.45) is 2.24. The Labute approximate surface area is 74.4 Å². The van der Waals surface area contributed by atoms with Gasteiger partial charge in [-0.05, 0) is 18.1 Å². The third kappa shape index (κ3) is 8.66. The van der Waals surface area contributed by atoms with Gasteiger partial charge in [0.2, 0.25) is 0 Å². The lowest BCUT2D eigenvalue weighted by molar-refractivity contribution is 0.146. The van der Waals surface area contributed by atoms with Crippen molar-refractivity contribution >= 4 is 25.3 Å². The molecule has 0 aliphatic carbocycles. The minimum Gasteiger partial charge on any atom is -0.381 e. The van der Waals surface area contributed by atoms with Gasteiger partial charge in [0.25, 0.3) is 0 Å². The topological polar surface area (TPSA) is 9.23 Å². The fourth-order valence-corrected chi connectivity index (χ4v) is 0.959. The third-order valence-electron chi connectivity index (χ3n) is 1.15. The highest BCUT2D eigenvalue weighted by molar-refractivity contribution is 7.80. The van der Waals surface area contributed by atoms with Crippen molar-refractivity contribution in [3.8, 4) is 0 Å². The average Bonchev–Trinajstić information content (AvgIpc) is 1.87. The van der Waals surface area contributed by atoms with E-state index < -0.39 is 0 Å². The SMILES string of the molecule is CC(S)CCCOCCS. The second-order valence-electron chi connectivity index (χ2n) is 2.33. The Balaban J connectivity index is 2.77. The van der Waals surface area contributed by atoms with Gasteiger partial charge in [-0.25, -0.2) is 0 Å². The van der Waals surface area contributed by atoms with Crippen LogP contribution in [-0.4, -0.2) is 24.2 Å². The lowest BCUT2D eigenvalue weighted by Gasteiger charge is -2.03. The number of ether oxygens (including phenoxy) is 1. The van der Waals surface area contributed by atoms with Crippen molar-refractivity contribution in [3.63, 3.8) is 0 Å². The Kier molecular flexibility index (Phi) is 8.28. The second-order valence-corrected chi connectivity index (χ2v) is 3.66. The molecule has 0 radical (unpaired) electrons. The molecule has 0 saturated heterocycles. The smallest absolute Gasteiger partial charge is 0.0554 e. The Hall–Kier alpha value is 0.660. The lowest BCUT2D eigenvalue weighted by atomic mass is 10.2. The van der Waals surface area contributed by atoms with Gasteiger partial charge < -0.3 is 4.74 Å². The number of rotatable bonds is 6. The highest BCUT2D eigenvalue weighted by atomic mass is 32.1. The molecule has 0 aliphatic heterocycles. The van der Waals surface area contributed by atoms with Crippen molar-refractivity contribution in [2.75, 3.05) is 19.0 Å². The van der Waals surface area contributed by atoms with Gasteiger partial charge in [0.1, 0.15) is 0 Å². The Bertz CT molecular complexity index is 66.6. The molecule has 1 unspecified atom stereocenters. The first-order chi connectivity index (χ1) is 4.77. The normalized spacial score (nSPS) is 13.5. The van der Waals surface area contributed by atoms with Crippen molar-refractivity contribution in [3.05, 3.63) is 0 Å². The fourth-order valence-electron chi connectivity index (χ4n) is 0.647. The molecule has 0 heterocycles. The van der Waals surface area contributed by atoms with Crippen LogP contribution in [0, 0.1) is 0 Å². The summed E-state index contributed by atoms with van der Waals surface area (Å²) >= 11 is 8.28. The minimum absolute atomic E-state index is 0.500. The van der Waals surface area contributed by atoms with Gasteiger partial charge in [-0.2, -0.15) is 25.3 Å². The van der Waals surface area contributed by atoms with Crippen LogP contribution in [0.4, 0.5) is 0 Å². The molecule has 0 amide bonds. The summed E-state index contributed by atoms with van der Waals surface area (Å²) in [7, 11) is 0. The van der Waals surface area contributed by atoms with Crippen LogP contribution < -0.4 is 0 Å². The molecule has 1 atom stereocenters. The number of thiol groups is 2. The van der Waals surface area contributed by atoms with E-state index in [-0.39, 0.29) is 0 Å². The maximum absolute atomic E-state index is 5.22. The van der Waals surface area contributed by atoms with Gasteiger partial charge in [-0.3, -0.25) is 0 Å². The maximum atomic E-state index is 5.22. The molecule has 0 fully saturated rings. The predicted molar refractivity (Wildman–Crippen MR) is 52.4 cm³/mol. The Morgan fingerprint density at radius 3 is 2.60 bits per heavy atom. The zero-order chi connectivity index (χ0) is 7.82. The molecule has 62 valence electrons. The average molecular weight is 180 g/mol. The molecule has 1 nitrogen and oxygen atoms in total. The van der Waals surface area contributed by atoms with Crippen molar-refractivity contribution in [1.82, 2.24) is 0 Å². The first-order valence-corrected chi connectivity index (χ1v) is 4.79. The van der Waals surface area contributed by atoms with Crippen LogP contribution in [-0.2, 0) is 4.74 Å². The molecule has 0 aromatic heterocycles. The zero-order valence-corrected chi connectivity index (χ0v) is 8.20. The third-order valence-corrected chi connectivity index (χ3v) is 1.59. The van der Waals surface area contributed by atoms with Gasteiger partial charge in [0.05, 0.1) is 6.61 Å². The number of hydrogen-bond donors (Lipinski definition) is 2. The molecule has 0 spiro atoms. The fraction of sp³-hybridized carbons (Fsp3) is 1.00. The molecule has 10 heavy (non-hydrogen) atoms. The highest BCUT2D eigenvalue weighted by Crippen LogP contribution is 2.02. The van der Waals surface area contributed by atoms with Gasteiger partial charge in [-0.15, -0.1) is 0 Å². The van der Waals surface area contributed by atoms with Crippen LogP contribution in [0.5, 0.6) is 0 Å². The molecule has 0 rings (SSSR count). The van der Waals surface area contributed by atoms with E-state index in [1.165, 1.54) is 0 Å². The van der Waals surface area contributed by atoms with Gasteiger partial charge in [0, 0.05) is 12.4 Å². The second kappa shape index (κ2) is 7.76. The zero-order valence-electron chi connectivity index (χ0n) is 6.42. The summed E-state index contributed by atoms with van der Waals surface area (Å²) in [5.41, 5.74) is 0. The summed E-state index contributed by atoms with van der Waals surface area (Å²) < 4.78 is 5.22. The van der Waals surface area contributed by atoms with E-state index in [0.717, 1.165) is 31.8 Å². The summed E-state index contributed by atoms with van der Waals surface area (Å²) in [6.45, 7) is 3.72. The summed E-state index contributed by atoms with van der Waals surface area (Å²) in [5, 5.41) is 0.500. The lowest BCUT2D eigenvalue weighted by Crippen LogP contribution is -2.00. The van der Waals surface area contributed by atoms with Crippen molar-refractivity contribution in [1.29, 1.82) is 0 Å². The number of hydrogen-bond acceptors (Lipinski definition) is 3. The van der Waals surface area contributed by atoms with E-state index in [1.54, 1.807) is 0 Å². The Morgan fingerprint density at radius 2 is 2.10 bits per heavy atom. The summed E-state index contributed by atoms with van der Waals surface area (Å²) in [6, 6.07) is 0. The molecule has 3 heteroatoms. The first kappa shape index (κ1) is 10.7. The van der Waals surface area contributed by atoms with E-state index in [2.05, 4.69) is 32.2 Å². The van der Waals surface area contributed by atoms with Crippen LogP contribution in [0.1, 0.15) is 19.8 Å². The van der Waals surface area contributed by atoms with E-state index >= 15 is 0 Å². The van der Waals surface area contributed by atoms with Crippen LogP contribution in [0.15, 0.2) is 0 Å².